The SMILES string of the molecule is CC(C)CCC(C)C.NC(=O)N(N)N. The molecule has 0 aromatic carbocycles. The fourth-order valence-corrected chi connectivity index (χ4v) is 0.667. The van der Waals surface area contributed by atoms with Crippen molar-refractivity contribution in [1.82, 2.24) is 5.12 Å². The van der Waals surface area contributed by atoms with Crippen molar-refractivity contribution in [2.75, 3.05) is 0 Å². The molecule has 14 heavy (non-hydrogen) atoms. The summed E-state index contributed by atoms with van der Waals surface area (Å²) in [6.45, 7) is 9.12. The van der Waals surface area contributed by atoms with E-state index in [4.69, 9.17) is 0 Å². The fourth-order valence-electron chi connectivity index (χ4n) is 0.667. The number of nitrogens with zero attached hydrogens (tertiary/aromatic N) is 1. The Bertz CT molecular complexity index is 138. The van der Waals surface area contributed by atoms with E-state index in [1.54, 1.807) is 0 Å². The lowest BCUT2D eigenvalue weighted by atomic mass is 10.0. The van der Waals surface area contributed by atoms with Gasteiger partial charge in [-0.25, -0.2) is 16.5 Å². The lowest BCUT2D eigenvalue weighted by molar-refractivity contribution is 0.210. The molecular weight excluding hydrogens is 180 g/mol. The van der Waals surface area contributed by atoms with E-state index in [9.17, 15) is 4.79 Å². The second-order valence-electron chi connectivity index (χ2n) is 4.11. The third kappa shape index (κ3) is 17.3. The standard InChI is InChI=1S/C8H18.CH6N4O/c1-7(2)5-6-8(3)4;2-1(6)5(3)4/h7-8H,5-6H2,1-4H3;3-4H2,(H2,2,6). The van der Waals surface area contributed by atoms with Crippen molar-refractivity contribution in [1.29, 1.82) is 0 Å². The summed E-state index contributed by atoms with van der Waals surface area (Å²) in [7, 11) is 0. The first-order chi connectivity index (χ1) is 6.27. The number of amides is 2. The number of primary amides is 1. The maximum Gasteiger partial charge on any atom is 0.343 e. The van der Waals surface area contributed by atoms with Crippen molar-refractivity contribution in [3.05, 3.63) is 0 Å². The van der Waals surface area contributed by atoms with Crippen molar-refractivity contribution in [2.45, 2.75) is 40.5 Å². The number of urea groups is 1. The first-order valence-corrected chi connectivity index (χ1v) is 4.86. The van der Waals surface area contributed by atoms with Gasteiger partial charge in [0.15, 0.2) is 0 Å². The van der Waals surface area contributed by atoms with E-state index < -0.39 is 6.03 Å². The lowest BCUT2D eigenvalue weighted by Gasteiger charge is -2.05. The normalized spacial score (nSPS) is 9.71. The molecule has 0 aliphatic heterocycles. The summed E-state index contributed by atoms with van der Waals surface area (Å²) in [5, 5.41) is 0.306. The second kappa shape index (κ2) is 8.77. The molecule has 0 bridgehead atoms. The molecule has 0 radical (unpaired) electrons. The largest absolute Gasteiger partial charge is 0.349 e. The van der Waals surface area contributed by atoms with Crippen molar-refractivity contribution in [3.63, 3.8) is 0 Å². The van der Waals surface area contributed by atoms with Crippen molar-refractivity contribution in [3.8, 4) is 0 Å². The van der Waals surface area contributed by atoms with Gasteiger partial charge < -0.3 is 5.73 Å². The Balaban J connectivity index is 0. The van der Waals surface area contributed by atoms with Crippen LogP contribution in [0.5, 0.6) is 0 Å². The van der Waals surface area contributed by atoms with Crippen LogP contribution in [-0.4, -0.2) is 11.1 Å². The topological polar surface area (TPSA) is 98.4 Å². The van der Waals surface area contributed by atoms with Crippen LogP contribution in [0.4, 0.5) is 4.79 Å². The van der Waals surface area contributed by atoms with Crippen LogP contribution in [0, 0.1) is 11.8 Å². The lowest BCUT2D eigenvalue weighted by Crippen LogP contribution is -2.46. The Kier molecular flexibility index (Phi) is 9.81. The Morgan fingerprint density at radius 2 is 1.29 bits per heavy atom. The average Bonchev–Trinajstić information content (AvgIpc) is 2.01. The van der Waals surface area contributed by atoms with Crippen LogP contribution < -0.4 is 17.4 Å². The van der Waals surface area contributed by atoms with Gasteiger partial charge in [0, 0.05) is 0 Å². The third-order valence-corrected chi connectivity index (χ3v) is 1.58. The Morgan fingerprint density at radius 1 is 1.07 bits per heavy atom. The molecule has 0 heterocycles. The maximum atomic E-state index is 9.60. The van der Waals surface area contributed by atoms with Crippen LogP contribution in [0.3, 0.4) is 0 Å². The Labute approximate surface area is 86.5 Å². The van der Waals surface area contributed by atoms with Crippen LogP contribution in [0.1, 0.15) is 40.5 Å². The predicted octanol–water partition coefficient (Wildman–Crippen LogP) is 1.19. The molecule has 2 amide bonds. The molecule has 0 fully saturated rings. The highest BCUT2D eigenvalue weighted by Gasteiger charge is 1.95. The average molecular weight is 204 g/mol. The van der Waals surface area contributed by atoms with Crippen molar-refractivity contribution in [2.24, 2.45) is 29.3 Å². The number of hydrogen-bond acceptors (Lipinski definition) is 3. The van der Waals surface area contributed by atoms with Gasteiger partial charge in [-0.05, 0) is 11.8 Å². The van der Waals surface area contributed by atoms with E-state index in [2.05, 4.69) is 45.1 Å². The molecule has 0 aliphatic carbocycles. The van der Waals surface area contributed by atoms with E-state index >= 15 is 0 Å². The molecule has 0 aromatic heterocycles. The highest BCUT2D eigenvalue weighted by molar-refractivity contribution is 5.70. The number of nitrogens with two attached hydrogens (primary N) is 3. The van der Waals surface area contributed by atoms with E-state index in [-0.39, 0.29) is 0 Å². The summed E-state index contributed by atoms with van der Waals surface area (Å²) in [4.78, 5) is 9.60. The zero-order chi connectivity index (χ0) is 11.7. The first-order valence-electron chi connectivity index (χ1n) is 4.86. The molecule has 0 aliphatic rings. The van der Waals surface area contributed by atoms with Crippen LogP contribution in [0.15, 0.2) is 0 Å². The summed E-state index contributed by atoms with van der Waals surface area (Å²) in [6, 6.07) is -0.852. The Hall–Kier alpha value is -0.810. The summed E-state index contributed by atoms with van der Waals surface area (Å²) >= 11 is 0. The van der Waals surface area contributed by atoms with Crippen LogP contribution >= 0.6 is 0 Å². The van der Waals surface area contributed by atoms with Crippen molar-refractivity contribution < 1.29 is 4.79 Å². The minimum atomic E-state index is -0.852. The molecule has 0 rings (SSSR count). The summed E-state index contributed by atoms with van der Waals surface area (Å²) < 4.78 is 0. The zero-order valence-electron chi connectivity index (χ0n) is 9.66. The quantitative estimate of drug-likeness (QED) is 0.366. The molecule has 86 valence electrons. The third-order valence-electron chi connectivity index (χ3n) is 1.58. The van der Waals surface area contributed by atoms with E-state index in [1.165, 1.54) is 12.8 Å². The van der Waals surface area contributed by atoms with Gasteiger partial charge in [-0.3, -0.25) is 0 Å². The number of rotatable bonds is 3. The monoisotopic (exact) mass is 204 g/mol. The molecule has 0 unspecified atom stereocenters. The van der Waals surface area contributed by atoms with Gasteiger partial charge in [0.2, 0.25) is 0 Å². The minimum Gasteiger partial charge on any atom is -0.349 e. The fraction of sp³-hybridized carbons (Fsp3) is 0.889. The van der Waals surface area contributed by atoms with Gasteiger partial charge in [0.05, 0.1) is 0 Å². The van der Waals surface area contributed by atoms with E-state index in [0.717, 1.165) is 11.8 Å². The molecule has 0 saturated heterocycles. The molecule has 0 spiro atoms. The number of hydrazine groups is 2. The van der Waals surface area contributed by atoms with E-state index in [0.29, 0.717) is 5.12 Å². The smallest absolute Gasteiger partial charge is 0.343 e. The summed E-state index contributed by atoms with van der Waals surface area (Å²) in [5.41, 5.74) is 4.47. The molecule has 0 atom stereocenters. The van der Waals surface area contributed by atoms with Gasteiger partial charge >= 0.3 is 6.03 Å². The first kappa shape index (κ1) is 15.7. The second-order valence-corrected chi connectivity index (χ2v) is 4.11. The van der Waals surface area contributed by atoms with Gasteiger partial charge in [-0.15, -0.1) is 0 Å². The van der Waals surface area contributed by atoms with Crippen LogP contribution in [0.25, 0.3) is 0 Å². The van der Waals surface area contributed by atoms with Gasteiger partial charge in [-0.1, -0.05) is 40.5 Å². The maximum absolute atomic E-state index is 9.60. The number of carbonyl (C=O) groups is 1. The number of carbonyl (C=O) groups excluding carboxylic acids is 1. The van der Waals surface area contributed by atoms with Gasteiger partial charge in [0.25, 0.3) is 0 Å². The van der Waals surface area contributed by atoms with E-state index in [1.807, 2.05) is 0 Å². The minimum absolute atomic E-state index is 0.306. The molecular formula is C9H24N4O. The van der Waals surface area contributed by atoms with Crippen LogP contribution in [0.2, 0.25) is 0 Å². The van der Waals surface area contributed by atoms with Gasteiger partial charge in [-0.2, -0.15) is 5.12 Å². The van der Waals surface area contributed by atoms with Crippen molar-refractivity contribution >= 4 is 6.03 Å². The Morgan fingerprint density at radius 3 is 1.36 bits per heavy atom. The zero-order valence-corrected chi connectivity index (χ0v) is 9.66. The predicted molar refractivity (Wildman–Crippen MR) is 58.7 cm³/mol. The molecule has 5 heteroatoms. The molecule has 6 N–H and O–H groups in total. The highest BCUT2D eigenvalue weighted by Crippen LogP contribution is 2.09. The molecule has 0 aromatic rings. The molecule has 5 nitrogen and oxygen atoms in total. The summed E-state index contributed by atoms with van der Waals surface area (Å²) in [5.74, 6) is 10.9. The highest BCUT2D eigenvalue weighted by atomic mass is 16.2. The van der Waals surface area contributed by atoms with Crippen LogP contribution in [-0.2, 0) is 0 Å². The van der Waals surface area contributed by atoms with Gasteiger partial charge in [0.1, 0.15) is 0 Å². The number of hydrogen-bond donors (Lipinski definition) is 3. The molecule has 0 saturated carbocycles. The summed E-state index contributed by atoms with van der Waals surface area (Å²) in [6.07, 6.45) is 2.77.